The van der Waals surface area contributed by atoms with Crippen molar-refractivity contribution in [3.63, 3.8) is 0 Å². The average molecular weight is 434 g/mol. The quantitative estimate of drug-likeness (QED) is 0.505. The van der Waals surface area contributed by atoms with E-state index in [4.69, 9.17) is 0 Å². The molecule has 0 fully saturated rings. The summed E-state index contributed by atoms with van der Waals surface area (Å²) in [7, 11) is -3.88. The van der Waals surface area contributed by atoms with Crippen molar-refractivity contribution in [2.75, 3.05) is 10.6 Å². The molecule has 2 rings (SSSR count). The maximum atomic E-state index is 13.1. The van der Waals surface area contributed by atoms with Crippen LogP contribution < -0.4 is 9.62 Å². The minimum Gasteiger partial charge on any atom is -0.348 e. The van der Waals surface area contributed by atoms with Gasteiger partial charge in [-0.1, -0.05) is 36.8 Å². The molecular weight excluding hydrogens is 406 g/mol. The maximum Gasteiger partial charge on any atom is 0.271 e. The molecule has 30 heavy (non-hydrogen) atoms. The zero-order valence-electron chi connectivity index (χ0n) is 17.7. The highest BCUT2D eigenvalue weighted by atomic mass is 32.2. The Labute approximate surface area is 177 Å². The standard InChI is InChI=1S/C21H27N3O5S/c1-6-20(21(25)22-16(4)19-12-14(2)10-11-15(19)3)23(30(5,28)29)17-8-7-9-18(13-17)24(26)27/h7-13,16,20H,6H2,1-5H3,(H,22,25)/t16-,20-/m0/s1. The lowest BCUT2D eigenvalue weighted by molar-refractivity contribution is -0.384. The highest BCUT2D eigenvalue weighted by Crippen LogP contribution is 2.27. The number of benzene rings is 2. The molecule has 9 heteroatoms. The summed E-state index contributed by atoms with van der Waals surface area (Å²) in [5.41, 5.74) is 2.84. The number of rotatable bonds is 8. The molecule has 2 aromatic carbocycles. The number of nitro groups is 1. The molecule has 0 saturated carbocycles. The van der Waals surface area contributed by atoms with Crippen molar-refractivity contribution in [3.8, 4) is 0 Å². The minimum atomic E-state index is -3.88. The number of anilines is 1. The molecule has 0 spiro atoms. The summed E-state index contributed by atoms with van der Waals surface area (Å²) in [6.45, 7) is 7.44. The number of non-ortho nitro benzene ring substituents is 1. The number of sulfonamides is 1. The van der Waals surface area contributed by atoms with Gasteiger partial charge in [0.1, 0.15) is 6.04 Å². The van der Waals surface area contributed by atoms with Gasteiger partial charge < -0.3 is 5.32 Å². The van der Waals surface area contributed by atoms with Gasteiger partial charge in [-0.2, -0.15) is 0 Å². The normalized spacial score (nSPS) is 13.4. The summed E-state index contributed by atoms with van der Waals surface area (Å²) in [4.78, 5) is 23.6. The van der Waals surface area contributed by atoms with Crippen LogP contribution in [0.15, 0.2) is 42.5 Å². The fourth-order valence-corrected chi connectivity index (χ4v) is 4.62. The molecule has 0 bridgehead atoms. The van der Waals surface area contributed by atoms with Crippen LogP contribution in [0.1, 0.15) is 43.0 Å². The first-order chi connectivity index (χ1) is 14.0. The molecule has 162 valence electrons. The highest BCUT2D eigenvalue weighted by Gasteiger charge is 2.33. The Balaban J connectivity index is 2.40. The zero-order chi connectivity index (χ0) is 22.6. The Bertz CT molecular complexity index is 1050. The van der Waals surface area contributed by atoms with E-state index in [9.17, 15) is 23.3 Å². The Morgan fingerprint density at radius 3 is 2.43 bits per heavy atom. The molecule has 1 amide bonds. The van der Waals surface area contributed by atoms with Crippen molar-refractivity contribution < 1.29 is 18.1 Å². The van der Waals surface area contributed by atoms with E-state index in [2.05, 4.69) is 5.32 Å². The number of nitro benzene ring substituents is 1. The maximum absolute atomic E-state index is 13.1. The monoisotopic (exact) mass is 433 g/mol. The van der Waals surface area contributed by atoms with Gasteiger partial charge in [-0.3, -0.25) is 19.2 Å². The lowest BCUT2D eigenvalue weighted by Gasteiger charge is -2.31. The molecular formula is C21H27N3O5S. The van der Waals surface area contributed by atoms with Gasteiger partial charge in [-0.15, -0.1) is 0 Å². The number of carbonyl (C=O) groups is 1. The topological polar surface area (TPSA) is 110 Å². The van der Waals surface area contributed by atoms with Crippen molar-refractivity contribution in [3.05, 3.63) is 69.3 Å². The van der Waals surface area contributed by atoms with E-state index in [-0.39, 0.29) is 23.8 Å². The number of carbonyl (C=O) groups excluding carboxylic acids is 1. The Kier molecular flexibility index (Phi) is 7.20. The van der Waals surface area contributed by atoms with Crippen molar-refractivity contribution in [2.45, 2.75) is 46.2 Å². The minimum absolute atomic E-state index is 0.0769. The third kappa shape index (κ3) is 5.35. The number of hydrogen-bond donors (Lipinski definition) is 1. The summed E-state index contributed by atoms with van der Waals surface area (Å²) < 4.78 is 26.0. The summed E-state index contributed by atoms with van der Waals surface area (Å²) in [5, 5.41) is 14.0. The van der Waals surface area contributed by atoms with Crippen molar-refractivity contribution >= 4 is 27.3 Å². The summed E-state index contributed by atoms with van der Waals surface area (Å²) in [6.07, 6.45) is 1.18. The lowest BCUT2D eigenvalue weighted by Crippen LogP contribution is -2.49. The molecule has 0 unspecified atom stereocenters. The lowest BCUT2D eigenvalue weighted by atomic mass is 9.99. The highest BCUT2D eigenvalue weighted by molar-refractivity contribution is 7.92. The molecule has 0 saturated heterocycles. The van der Waals surface area contributed by atoms with Crippen LogP contribution in [0, 0.1) is 24.0 Å². The van der Waals surface area contributed by atoms with Crippen LogP contribution in [-0.2, 0) is 14.8 Å². The summed E-state index contributed by atoms with van der Waals surface area (Å²) in [5.74, 6) is -0.470. The molecule has 1 N–H and O–H groups in total. The van der Waals surface area contributed by atoms with Crippen LogP contribution in [0.2, 0.25) is 0 Å². The Morgan fingerprint density at radius 1 is 1.20 bits per heavy atom. The van der Waals surface area contributed by atoms with Gasteiger partial charge >= 0.3 is 0 Å². The van der Waals surface area contributed by atoms with Crippen molar-refractivity contribution in [1.29, 1.82) is 0 Å². The molecule has 0 aliphatic heterocycles. The van der Waals surface area contributed by atoms with Gasteiger partial charge in [0, 0.05) is 12.1 Å². The van der Waals surface area contributed by atoms with E-state index in [0.717, 1.165) is 33.3 Å². The number of nitrogens with zero attached hydrogens (tertiary/aromatic N) is 2. The van der Waals surface area contributed by atoms with Crippen LogP contribution in [-0.4, -0.2) is 31.5 Å². The fraction of sp³-hybridized carbons (Fsp3) is 0.381. The number of amides is 1. The molecule has 0 radical (unpaired) electrons. The van der Waals surface area contributed by atoms with E-state index in [1.165, 1.54) is 18.2 Å². The van der Waals surface area contributed by atoms with E-state index in [1.54, 1.807) is 6.92 Å². The van der Waals surface area contributed by atoms with E-state index >= 15 is 0 Å². The zero-order valence-corrected chi connectivity index (χ0v) is 18.6. The Hall–Kier alpha value is -2.94. The van der Waals surface area contributed by atoms with Crippen LogP contribution in [0.5, 0.6) is 0 Å². The van der Waals surface area contributed by atoms with E-state index < -0.39 is 26.9 Å². The van der Waals surface area contributed by atoms with Gasteiger partial charge in [0.2, 0.25) is 15.9 Å². The van der Waals surface area contributed by atoms with Crippen molar-refractivity contribution in [1.82, 2.24) is 5.32 Å². The van der Waals surface area contributed by atoms with E-state index in [1.807, 2.05) is 39.0 Å². The molecule has 2 aromatic rings. The van der Waals surface area contributed by atoms with Crippen molar-refractivity contribution in [2.24, 2.45) is 0 Å². The SMILES string of the molecule is CC[C@@H](C(=O)N[C@@H](C)c1cc(C)ccc1C)N(c1cccc([N+](=O)[O-])c1)S(C)(=O)=O. The number of nitrogens with one attached hydrogen (secondary N) is 1. The van der Waals surface area contributed by atoms with Gasteiger partial charge in [0.25, 0.3) is 5.69 Å². The smallest absolute Gasteiger partial charge is 0.271 e. The first kappa shape index (κ1) is 23.3. The summed E-state index contributed by atoms with van der Waals surface area (Å²) in [6, 6.07) is 9.82. The predicted molar refractivity (Wildman–Crippen MR) is 117 cm³/mol. The molecule has 0 aliphatic carbocycles. The fourth-order valence-electron chi connectivity index (χ4n) is 3.42. The number of hydrogen-bond acceptors (Lipinski definition) is 5. The largest absolute Gasteiger partial charge is 0.348 e. The molecule has 0 aliphatic rings. The second-order valence-corrected chi connectivity index (χ2v) is 9.21. The molecule has 0 aromatic heterocycles. The first-order valence-electron chi connectivity index (χ1n) is 9.57. The first-order valence-corrected chi connectivity index (χ1v) is 11.4. The van der Waals surface area contributed by atoms with Gasteiger partial charge in [-0.05, 0) is 44.4 Å². The molecule has 2 atom stereocenters. The molecule has 8 nitrogen and oxygen atoms in total. The second-order valence-electron chi connectivity index (χ2n) is 7.35. The van der Waals surface area contributed by atoms with Crippen LogP contribution in [0.4, 0.5) is 11.4 Å². The third-order valence-corrected chi connectivity index (χ3v) is 6.06. The van der Waals surface area contributed by atoms with Gasteiger partial charge in [-0.25, -0.2) is 8.42 Å². The predicted octanol–water partition coefficient (Wildman–Crippen LogP) is 3.63. The average Bonchev–Trinajstić information content (AvgIpc) is 2.66. The van der Waals surface area contributed by atoms with E-state index in [0.29, 0.717) is 0 Å². The Morgan fingerprint density at radius 2 is 1.87 bits per heavy atom. The van der Waals surface area contributed by atoms with Crippen LogP contribution in [0.3, 0.4) is 0 Å². The van der Waals surface area contributed by atoms with Crippen LogP contribution >= 0.6 is 0 Å². The summed E-state index contributed by atoms with van der Waals surface area (Å²) >= 11 is 0. The van der Waals surface area contributed by atoms with Gasteiger partial charge in [0.15, 0.2) is 0 Å². The van der Waals surface area contributed by atoms with Crippen LogP contribution in [0.25, 0.3) is 0 Å². The second kappa shape index (κ2) is 9.25. The van der Waals surface area contributed by atoms with Gasteiger partial charge in [0.05, 0.1) is 22.9 Å². The molecule has 0 heterocycles. The number of aryl methyl sites for hydroxylation is 2. The third-order valence-electron chi connectivity index (χ3n) is 4.88.